The van der Waals surface area contributed by atoms with E-state index < -0.39 is 11.8 Å². The zero-order valence-electron chi connectivity index (χ0n) is 14.8. The Morgan fingerprint density at radius 1 is 0.929 bits per heavy atom. The van der Waals surface area contributed by atoms with Crippen LogP contribution in [0.3, 0.4) is 0 Å². The van der Waals surface area contributed by atoms with E-state index in [9.17, 15) is 14.0 Å². The molecule has 5 nitrogen and oxygen atoms in total. The van der Waals surface area contributed by atoms with Gasteiger partial charge in [0.1, 0.15) is 11.6 Å². The fraction of sp³-hybridized carbons (Fsp3) is 0.0455. The molecular formula is C22H17FN2O3. The van der Waals surface area contributed by atoms with Crippen LogP contribution in [0, 0.1) is 5.82 Å². The van der Waals surface area contributed by atoms with E-state index in [1.807, 2.05) is 30.3 Å². The summed E-state index contributed by atoms with van der Waals surface area (Å²) in [6, 6.07) is 21.4. The lowest BCUT2D eigenvalue weighted by Crippen LogP contribution is -2.19. The molecule has 6 heteroatoms. The first-order chi connectivity index (χ1) is 13.6. The minimum absolute atomic E-state index is 0.130. The smallest absolute Gasteiger partial charge is 0.346 e. The van der Waals surface area contributed by atoms with Gasteiger partial charge in [-0.15, -0.1) is 0 Å². The van der Waals surface area contributed by atoms with Crippen molar-refractivity contribution in [3.8, 4) is 5.75 Å². The molecule has 0 radical (unpaired) electrons. The molecule has 1 N–H and O–H groups in total. The SMILES string of the molecule is O=C(Cc1ccccc1)N/N=C\c1ccc(OC(=O)c2ccccc2F)cc1. The number of nitrogens with zero attached hydrogens (tertiary/aromatic N) is 1. The van der Waals surface area contributed by atoms with Crippen LogP contribution in [0.1, 0.15) is 21.5 Å². The van der Waals surface area contributed by atoms with Gasteiger partial charge in [0, 0.05) is 0 Å². The van der Waals surface area contributed by atoms with E-state index in [0.717, 1.165) is 5.56 Å². The molecule has 0 aliphatic rings. The molecule has 0 aliphatic carbocycles. The first kappa shape index (κ1) is 19.0. The maximum Gasteiger partial charge on any atom is 0.346 e. The molecule has 3 rings (SSSR count). The molecule has 28 heavy (non-hydrogen) atoms. The van der Waals surface area contributed by atoms with E-state index in [2.05, 4.69) is 10.5 Å². The number of esters is 1. The molecule has 0 saturated heterocycles. The molecule has 3 aromatic carbocycles. The van der Waals surface area contributed by atoms with Crippen molar-refractivity contribution >= 4 is 18.1 Å². The highest BCUT2D eigenvalue weighted by Crippen LogP contribution is 2.15. The average molecular weight is 376 g/mol. The first-order valence-corrected chi connectivity index (χ1v) is 8.54. The number of halogens is 1. The maximum absolute atomic E-state index is 13.6. The molecule has 1 amide bonds. The van der Waals surface area contributed by atoms with E-state index in [4.69, 9.17) is 4.74 Å². The fourth-order valence-corrected chi connectivity index (χ4v) is 2.41. The molecule has 140 valence electrons. The summed E-state index contributed by atoms with van der Waals surface area (Å²) in [4.78, 5) is 23.8. The van der Waals surface area contributed by atoms with Crippen molar-refractivity contribution in [2.75, 3.05) is 0 Å². The second kappa shape index (κ2) is 9.23. The zero-order chi connectivity index (χ0) is 19.8. The Labute approximate surface area is 161 Å². The molecule has 3 aromatic rings. The van der Waals surface area contributed by atoms with Crippen molar-refractivity contribution in [3.63, 3.8) is 0 Å². The van der Waals surface area contributed by atoms with Crippen LogP contribution in [0.5, 0.6) is 5.75 Å². The lowest BCUT2D eigenvalue weighted by molar-refractivity contribution is -0.120. The summed E-state index contributed by atoms with van der Waals surface area (Å²) in [6.45, 7) is 0. The van der Waals surface area contributed by atoms with Gasteiger partial charge in [0.25, 0.3) is 0 Å². The van der Waals surface area contributed by atoms with Crippen molar-refractivity contribution in [2.24, 2.45) is 5.10 Å². The van der Waals surface area contributed by atoms with Gasteiger partial charge in [-0.2, -0.15) is 5.10 Å². The third-order valence-electron chi connectivity index (χ3n) is 3.79. The van der Waals surface area contributed by atoms with Gasteiger partial charge in [0.05, 0.1) is 18.2 Å². The van der Waals surface area contributed by atoms with E-state index >= 15 is 0 Å². The molecule has 0 saturated carbocycles. The number of hydrazone groups is 1. The molecule has 0 aliphatic heterocycles. The number of benzene rings is 3. The van der Waals surface area contributed by atoms with Gasteiger partial charge >= 0.3 is 5.97 Å². The number of rotatable bonds is 6. The highest BCUT2D eigenvalue weighted by molar-refractivity contribution is 5.91. The number of amides is 1. The summed E-state index contributed by atoms with van der Waals surface area (Å²) in [7, 11) is 0. The number of hydrogen-bond acceptors (Lipinski definition) is 4. The quantitative estimate of drug-likeness (QED) is 0.308. The van der Waals surface area contributed by atoms with E-state index in [-0.39, 0.29) is 23.6 Å². The van der Waals surface area contributed by atoms with Crippen molar-refractivity contribution in [1.29, 1.82) is 0 Å². The van der Waals surface area contributed by atoms with Gasteiger partial charge in [-0.3, -0.25) is 4.79 Å². The van der Waals surface area contributed by atoms with Crippen LogP contribution >= 0.6 is 0 Å². The van der Waals surface area contributed by atoms with Crippen LogP contribution in [0.2, 0.25) is 0 Å². The van der Waals surface area contributed by atoms with Crippen LogP contribution < -0.4 is 10.2 Å². The molecule has 0 aromatic heterocycles. The summed E-state index contributed by atoms with van der Waals surface area (Å²) < 4.78 is 18.7. The molecule has 0 heterocycles. The maximum atomic E-state index is 13.6. The van der Waals surface area contributed by atoms with Crippen LogP contribution in [-0.4, -0.2) is 18.1 Å². The van der Waals surface area contributed by atoms with Crippen LogP contribution in [0.15, 0.2) is 84.0 Å². The van der Waals surface area contributed by atoms with Gasteiger partial charge in [-0.25, -0.2) is 14.6 Å². The Bertz CT molecular complexity index is 986. The second-order valence-corrected chi connectivity index (χ2v) is 5.89. The lowest BCUT2D eigenvalue weighted by Gasteiger charge is -2.05. The summed E-state index contributed by atoms with van der Waals surface area (Å²) in [6.07, 6.45) is 1.72. The summed E-state index contributed by atoms with van der Waals surface area (Å²) >= 11 is 0. The van der Waals surface area contributed by atoms with Crippen LogP contribution in [0.4, 0.5) is 4.39 Å². The predicted molar refractivity (Wildman–Crippen MR) is 104 cm³/mol. The van der Waals surface area contributed by atoms with Gasteiger partial charge in [-0.1, -0.05) is 42.5 Å². The average Bonchev–Trinajstić information content (AvgIpc) is 2.70. The standard InChI is InChI=1S/C22H17FN2O3/c23-20-9-5-4-8-19(20)22(27)28-18-12-10-17(11-13-18)15-24-25-21(26)14-16-6-2-1-3-7-16/h1-13,15H,14H2,(H,25,26)/b24-15-. The fourth-order valence-electron chi connectivity index (χ4n) is 2.41. The van der Waals surface area contributed by atoms with E-state index in [1.54, 1.807) is 30.3 Å². The molecular weight excluding hydrogens is 359 g/mol. The minimum Gasteiger partial charge on any atom is -0.423 e. The summed E-state index contributed by atoms with van der Waals surface area (Å²) in [5.74, 6) is -1.36. The third kappa shape index (κ3) is 5.35. The number of carbonyl (C=O) groups is 2. The first-order valence-electron chi connectivity index (χ1n) is 8.54. The van der Waals surface area contributed by atoms with E-state index in [0.29, 0.717) is 5.56 Å². The Hall–Kier alpha value is -3.80. The normalized spacial score (nSPS) is 10.6. The highest BCUT2D eigenvalue weighted by atomic mass is 19.1. The van der Waals surface area contributed by atoms with Crippen LogP contribution in [-0.2, 0) is 11.2 Å². The number of carbonyl (C=O) groups excluding carboxylic acids is 2. The van der Waals surface area contributed by atoms with Crippen molar-refractivity contribution in [3.05, 3.63) is 101 Å². The van der Waals surface area contributed by atoms with E-state index in [1.165, 1.54) is 24.4 Å². The lowest BCUT2D eigenvalue weighted by atomic mass is 10.1. The topological polar surface area (TPSA) is 67.8 Å². The highest BCUT2D eigenvalue weighted by Gasteiger charge is 2.13. The Morgan fingerprint density at radius 2 is 1.61 bits per heavy atom. The van der Waals surface area contributed by atoms with Gasteiger partial charge in [-0.05, 0) is 47.5 Å². The summed E-state index contributed by atoms with van der Waals surface area (Å²) in [5, 5.41) is 3.91. The molecule has 0 spiro atoms. The minimum atomic E-state index is -0.771. The molecule has 0 fully saturated rings. The summed E-state index contributed by atoms with van der Waals surface area (Å²) in [5.41, 5.74) is 3.93. The van der Waals surface area contributed by atoms with Crippen molar-refractivity contribution in [1.82, 2.24) is 5.43 Å². The molecule has 0 unspecified atom stereocenters. The second-order valence-electron chi connectivity index (χ2n) is 5.89. The van der Waals surface area contributed by atoms with Gasteiger partial charge < -0.3 is 4.74 Å². The molecule has 0 bridgehead atoms. The number of ether oxygens (including phenoxy) is 1. The Kier molecular flexibility index (Phi) is 6.25. The Morgan fingerprint density at radius 3 is 2.32 bits per heavy atom. The number of hydrogen-bond donors (Lipinski definition) is 1. The Balaban J connectivity index is 1.52. The van der Waals surface area contributed by atoms with Crippen LogP contribution in [0.25, 0.3) is 0 Å². The molecule has 0 atom stereocenters. The predicted octanol–water partition coefficient (Wildman–Crippen LogP) is 3.74. The van der Waals surface area contributed by atoms with Crippen molar-refractivity contribution in [2.45, 2.75) is 6.42 Å². The zero-order valence-corrected chi connectivity index (χ0v) is 14.8. The largest absolute Gasteiger partial charge is 0.423 e. The van der Waals surface area contributed by atoms with Gasteiger partial charge in [0.15, 0.2) is 0 Å². The number of nitrogens with one attached hydrogen (secondary N) is 1. The monoisotopic (exact) mass is 376 g/mol. The van der Waals surface area contributed by atoms with Gasteiger partial charge in [0.2, 0.25) is 5.91 Å². The third-order valence-corrected chi connectivity index (χ3v) is 3.79. The van der Waals surface area contributed by atoms with Crippen molar-refractivity contribution < 1.29 is 18.7 Å².